The normalized spacial score (nSPS) is 11.1. The van der Waals surface area contributed by atoms with E-state index in [1.54, 1.807) is 6.92 Å². The van der Waals surface area contributed by atoms with E-state index in [1.165, 1.54) is 12.1 Å². The van der Waals surface area contributed by atoms with Crippen molar-refractivity contribution in [3.63, 3.8) is 0 Å². The van der Waals surface area contributed by atoms with E-state index in [2.05, 4.69) is 15.0 Å². The van der Waals surface area contributed by atoms with Gasteiger partial charge in [-0.1, -0.05) is 6.07 Å². The molecule has 0 aliphatic rings. The molecule has 0 atom stereocenters. The van der Waals surface area contributed by atoms with Crippen LogP contribution in [0.3, 0.4) is 0 Å². The first-order valence-electron chi connectivity index (χ1n) is 5.40. The number of ether oxygens (including phenoxy) is 2. The minimum Gasteiger partial charge on any atom is -0.435 e. The van der Waals surface area contributed by atoms with Gasteiger partial charge in [-0.2, -0.15) is 23.0 Å². The quantitative estimate of drug-likeness (QED) is 0.452. The maximum atomic E-state index is 12.2. The molecule has 1 rings (SSSR count). The highest BCUT2D eigenvalue weighted by Gasteiger charge is 2.13. The van der Waals surface area contributed by atoms with E-state index in [0.717, 1.165) is 6.07 Å². The summed E-state index contributed by atoms with van der Waals surface area (Å²) in [5, 5.41) is 0. The number of hydroxylamine groups is 1. The fraction of sp³-hybridized carbons (Fsp3) is 0.455. The maximum Gasteiger partial charge on any atom is 0.387 e. The lowest BCUT2D eigenvalue weighted by molar-refractivity contribution is -0.0550. The van der Waals surface area contributed by atoms with Crippen molar-refractivity contribution in [2.75, 3.05) is 6.61 Å². The van der Waals surface area contributed by atoms with Gasteiger partial charge in [-0.25, -0.2) is 0 Å². The van der Waals surface area contributed by atoms with Gasteiger partial charge < -0.3 is 14.3 Å². The molecule has 0 fully saturated rings. The summed E-state index contributed by atoms with van der Waals surface area (Å²) in [5.41, 5.74) is 2.84. The monoisotopic (exact) mass is 283 g/mol. The minimum atomic E-state index is -3.06. The molecule has 0 spiro atoms. The van der Waals surface area contributed by atoms with Crippen LogP contribution in [0.4, 0.5) is 17.6 Å². The molecule has 0 aliphatic carbocycles. The predicted molar refractivity (Wildman–Crippen MR) is 58.2 cm³/mol. The van der Waals surface area contributed by atoms with Crippen molar-refractivity contribution >= 4 is 0 Å². The van der Waals surface area contributed by atoms with E-state index in [4.69, 9.17) is 4.84 Å². The first-order chi connectivity index (χ1) is 9.02. The molecule has 0 unspecified atom stereocenters. The molecule has 0 saturated heterocycles. The van der Waals surface area contributed by atoms with E-state index < -0.39 is 13.2 Å². The Bertz CT molecular complexity index is 390. The van der Waals surface area contributed by atoms with Crippen molar-refractivity contribution < 1.29 is 31.9 Å². The Balaban J connectivity index is 2.82. The lowest BCUT2D eigenvalue weighted by Gasteiger charge is -2.13. The number of rotatable bonds is 8. The van der Waals surface area contributed by atoms with Crippen molar-refractivity contribution in [3.05, 3.63) is 23.8 Å². The fourth-order valence-corrected chi connectivity index (χ4v) is 1.29. The van der Waals surface area contributed by atoms with E-state index in [1.807, 2.05) is 0 Å². The molecule has 0 amide bonds. The number of hydrogen-bond donors (Lipinski definition) is 1. The van der Waals surface area contributed by atoms with E-state index in [-0.39, 0.29) is 18.0 Å². The molecule has 0 radical (unpaired) electrons. The summed E-state index contributed by atoms with van der Waals surface area (Å²) >= 11 is 0. The number of nitrogens with one attached hydrogen (secondary N) is 1. The lowest BCUT2D eigenvalue weighted by atomic mass is 10.2. The molecular formula is C11H13F4NO3. The van der Waals surface area contributed by atoms with E-state index in [9.17, 15) is 17.6 Å². The van der Waals surface area contributed by atoms with Crippen molar-refractivity contribution in [2.45, 2.75) is 26.7 Å². The van der Waals surface area contributed by atoms with Gasteiger partial charge in [0.25, 0.3) is 0 Å². The van der Waals surface area contributed by atoms with Gasteiger partial charge >= 0.3 is 13.2 Å². The average Bonchev–Trinajstić information content (AvgIpc) is 2.30. The Kier molecular flexibility index (Phi) is 6.37. The van der Waals surface area contributed by atoms with Crippen LogP contribution in [-0.4, -0.2) is 19.8 Å². The SMILES string of the molecule is CCONCc1ccc(OC(F)F)cc1OC(F)F. The Morgan fingerprint density at radius 3 is 2.37 bits per heavy atom. The molecule has 0 heterocycles. The van der Waals surface area contributed by atoms with E-state index in [0.29, 0.717) is 12.2 Å². The van der Waals surface area contributed by atoms with Crippen LogP contribution >= 0.6 is 0 Å². The van der Waals surface area contributed by atoms with Gasteiger partial charge in [0.1, 0.15) is 11.5 Å². The van der Waals surface area contributed by atoms with Crippen LogP contribution in [0.15, 0.2) is 18.2 Å². The Labute approximate surface area is 107 Å². The molecule has 4 nitrogen and oxygen atoms in total. The van der Waals surface area contributed by atoms with Crippen LogP contribution in [0.25, 0.3) is 0 Å². The third kappa shape index (κ3) is 5.75. The highest BCUT2D eigenvalue weighted by molar-refractivity contribution is 5.40. The summed E-state index contributed by atoms with van der Waals surface area (Å²) in [6.07, 6.45) is 0. The van der Waals surface area contributed by atoms with Crippen LogP contribution in [0.1, 0.15) is 12.5 Å². The van der Waals surface area contributed by atoms with Gasteiger partial charge in [0.2, 0.25) is 0 Å². The molecular weight excluding hydrogens is 270 g/mol. The molecule has 0 saturated carbocycles. The van der Waals surface area contributed by atoms with Gasteiger partial charge in [0.15, 0.2) is 0 Å². The lowest BCUT2D eigenvalue weighted by Crippen LogP contribution is -2.15. The number of halogens is 4. The van der Waals surface area contributed by atoms with Crippen LogP contribution in [0.5, 0.6) is 11.5 Å². The molecule has 1 aromatic carbocycles. The summed E-state index contributed by atoms with van der Waals surface area (Å²) in [5.74, 6) is -0.508. The summed E-state index contributed by atoms with van der Waals surface area (Å²) in [6.45, 7) is -3.88. The summed E-state index contributed by atoms with van der Waals surface area (Å²) in [7, 11) is 0. The summed E-state index contributed by atoms with van der Waals surface area (Å²) in [4.78, 5) is 4.85. The molecule has 108 valence electrons. The van der Waals surface area contributed by atoms with Gasteiger partial charge in [-0.3, -0.25) is 0 Å². The van der Waals surface area contributed by atoms with Gasteiger partial charge in [0.05, 0.1) is 6.61 Å². The van der Waals surface area contributed by atoms with Gasteiger partial charge in [-0.05, 0) is 13.0 Å². The smallest absolute Gasteiger partial charge is 0.387 e. The standard InChI is InChI=1S/C11H13F4NO3/c1-2-17-16-6-7-3-4-8(18-10(12)13)5-9(7)19-11(14)15/h3-5,10-11,16H,2,6H2,1H3. The highest BCUT2D eigenvalue weighted by atomic mass is 19.3. The fourth-order valence-electron chi connectivity index (χ4n) is 1.29. The average molecular weight is 283 g/mol. The molecule has 0 aromatic heterocycles. The van der Waals surface area contributed by atoms with Gasteiger partial charge in [0, 0.05) is 18.2 Å². The third-order valence-electron chi connectivity index (χ3n) is 1.99. The van der Waals surface area contributed by atoms with Crippen LogP contribution in [-0.2, 0) is 11.4 Å². The maximum absolute atomic E-state index is 12.2. The molecule has 1 N–H and O–H groups in total. The zero-order valence-electron chi connectivity index (χ0n) is 10.0. The van der Waals surface area contributed by atoms with Crippen molar-refractivity contribution in [1.82, 2.24) is 5.48 Å². The minimum absolute atomic E-state index is 0.0881. The Hall–Kier alpha value is -1.54. The topological polar surface area (TPSA) is 39.7 Å². The van der Waals surface area contributed by atoms with Crippen molar-refractivity contribution in [3.8, 4) is 11.5 Å². The largest absolute Gasteiger partial charge is 0.435 e. The second-order valence-electron chi connectivity index (χ2n) is 3.28. The first-order valence-corrected chi connectivity index (χ1v) is 5.40. The number of hydrogen-bond acceptors (Lipinski definition) is 4. The molecule has 19 heavy (non-hydrogen) atoms. The number of benzene rings is 1. The zero-order chi connectivity index (χ0) is 14.3. The second-order valence-corrected chi connectivity index (χ2v) is 3.28. The van der Waals surface area contributed by atoms with Crippen LogP contribution < -0.4 is 15.0 Å². The summed E-state index contributed by atoms with van der Waals surface area (Å²) in [6, 6.07) is 3.54. The van der Waals surface area contributed by atoms with Crippen LogP contribution in [0, 0.1) is 0 Å². The third-order valence-corrected chi connectivity index (χ3v) is 1.99. The Morgan fingerprint density at radius 1 is 1.11 bits per heavy atom. The van der Waals surface area contributed by atoms with E-state index >= 15 is 0 Å². The van der Waals surface area contributed by atoms with Crippen LogP contribution in [0.2, 0.25) is 0 Å². The molecule has 8 heteroatoms. The van der Waals surface area contributed by atoms with Crippen molar-refractivity contribution in [1.29, 1.82) is 0 Å². The number of alkyl halides is 4. The highest BCUT2D eigenvalue weighted by Crippen LogP contribution is 2.27. The Morgan fingerprint density at radius 2 is 1.79 bits per heavy atom. The molecule has 1 aromatic rings. The first kappa shape index (κ1) is 15.5. The molecule has 0 bridgehead atoms. The van der Waals surface area contributed by atoms with Crippen molar-refractivity contribution in [2.24, 2.45) is 0 Å². The second kappa shape index (κ2) is 7.80. The predicted octanol–water partition coefficient (Wildman–Crippen LogP) is 2.93. The zero-order valence-corrected chi connectivity index (χ0v) is 10.0. The molecule has 0 aliphatic heterocycles. The van der Waals surface area contributed by atoms with Gasteiger partial charge in [-0.15, -0.1) is 0 Å². The summed E-state index contributed by atoms with van der Waals surface area (Å²) < 4.78 is 56.8.